The molecule has 0 atom stereocenters. The highest BCUT2D eigenvalue weighted by Crippen LogP contribution is 2.18. The maximum absolute atomic E-state index is 8.81. The third-order valence-corrected chi connectivity index (χ3v) is 2.44. The number of rotatable bonds is 4. The Balaban J connectivity index is 2.26. The van der Waals surface area contributed by atoms with E-state index in [4.69, 9.17) is 10.8 Å². The lowest BCUT2D eigenvalue weighted by Crippen LogP contribution is -2.01. The number of aliphatic hydroxyl groups excluding tert-OH is 1. The molecule has 0 amide bonds. The van der Waals surface area contributed by atoms with E-state index in [2.05, 4.69) is 4.98 Å². The predicted octanol–water partition coefficient (Wildman–Crippen LogP) is 1.51. The summed E-state index contributed by atoms with van der Waals surface area (Å²) in [6.07, 6.45) is 4.42. The van der Waals surface area contributed by atoms with Crippen molar-refractivity contribution in [2.24, 2.45) is 0 Å². The molecule has 4 nitrogen and oxygen atoms in total. The Morgan fingerprint density at radius 3 is 2.69 bits per heavy atom. The van der Waals surface area contributed by atoms with Crippen LogP contribution in [0.15, 0.2) is 36.7 Å². The van der Waals surface area contributed by atoms with Crippen molar-refractivity contribution in [1.82, 2.24) is 9.55 Å². The van der Waals surface area contributed by atoms with Gasteiger partial charge in [0.05, 0.1) is 0 Å². The van der Waals surface area contributed by atoms with Gasteiger partial charge in [-0.25, -0.2) is 4.98 Å². The van der Waals surface area contributed by atoms with E-state index in [1.165, 1.54) is 0 Å². The summed E-state index contributed by atoms with van der Waals surface area (Å²) in [6, 6.07) is 7.63. The fourth-order valence-electron chi connectivity index (χ4n) is 1.62. The van der Waals surface area contributed by atoms with Crippen LogP contribution in [0.3, 0.4) is 0 Å². The summed E-state index contributed by atoms with van der Waals surface area (Å²) >= 11 is 0. The van der Waals surface area contributed by atoms with Crippen molar-refractivity contribution >= 4 is 5.69 Å². The molecule has 84 valence electrons. The molecule has 0 bridgehead atoms. The summed E-state index contributed by atoms with van der Waals surface area (Å²) in [5.41, 5.74) is 7.42. The van der Waals surface area contributed by atoms with Crippen LogP contribution in [-0.4, -0.2) is 21.3 Å². The van der Waals surface area contributed by atoms with Gasteiger partial charge in [-0.15, -0.1) is 0 Å². The minimum atomic E-state index is 0.194. The van der Waals surface area contributed by atoms with E-state index in [0.717, 1.165) is 30.0 Å². The molecule has 0 radical (unpaired) electrons. The van der Waals surface area contributed by atoms with Crippen LogP contribution in [0, 0.1) is 0 Å². The van der Waals surface area contributed by atoms with Crippen LogP contribution >= 0.6 is 0 Å². The van der Waals surface area contributed by atoms with E-state index in [9.17, 15) is 0 Å². The van der Waals surface area contributed by atoms with Gasteiger partial charge in [-0.1, -0.05) is 0 Å². The number of hydrogen-bond donors (Lipinski definition) is 2. The van der Waals surface area contributed by atoms with Gasteiger partial charge in [-0.05, 0) is 30.7 Å². The number of nitrogens with zero attached hydrogens (tertiary/aromatic N) is 2. The lowest BCUT2D eigenvalue weighted by Gasteiger charge is -2.06. The molecule has 0 saturated carbocycles. The lowest BCUT2D eigenvalue weighted by atomic mass is 10.2. The summed E-state index contributed by atoms with van der Waals surface area (Å²) in [6.45, 7) is 0.968. The van der Waals surface area contributed by atoms with Crippen LogP contribution in [0.5, 0.6) is 0 Å². The number of hydrogen-bond acceptors (Lipinski definition) is 3. The highest BCUT2D eigenvalue weighted by atomic mass is 16.3. The average Bonchev–Trinajstić information content (AvgIpc) is 2.75. The van der Waals surface area contributed by atoms with Crippen LogP contribution in [0.4, 0.5) is 5.69 Å². The summed E-state index contributed by atoms with van der Waals surface area (Å²) in [7, 11) is 0. The van der Waals surface area contributed by atoms with E-state index in [0.29, 0.717) is 0 Å². The third kappa shape index (κ3) is 2.23. The Kier molecular flexibility index (Phi) is 3.22. The summed E-state index contributed by atoms with van der Waals surface area (Å²) in [5.74, 6) is 0.911. The molecular formula is C12H15N3O. The van der Waals surface area contributed by atoms with Crippen molar-refractivity contribution in [2.45, 2.75) is 13.0 Å². The maximum atomic E-state index is 8.81. The Morgan fingerprint density at radius 1 is 1.25 bits per heavy atom. The molecule has 4 heteroatoms. The van der Waals surface area contributed by atoms with Crippen LogP contribution in [0.2, 0.25) is 0 Å². The van der Waals surface area contributed by atoms with Gasteiger partial charge in [0, 0.05) is 36.8 Å². The molecule has 2 aromatic rings. The minimum absolute atomic E-state index is 0.194. The second-order valence-electron chi connectivity index (χ2n) is 3.64. The Hall–Kier alpha value is -1.81. The molecular weight excluding hydrogens is 202 g/mol. The number of anilines is 1. The smallest absolute Gasteiger partial charge is 0.139 e. The van der Waals surface area contributed by atoms with E-state index in [1.54, 1.807) is 6.20 Å². The highest BCUT2D eigenvalue weighted by Gasteiger charge is 2.04. The molecule has 0 unspecified atom stereocenters. The van der Waals surface area contributed by atoms with Gasteiger partial charge >= 0.3 is 0 Å². The molecule has 0 spiro atoms. The largest absolute Gasteiger partial charge is 0.399 e. The molecule has 0 fully saturated rings. The number of benzene rings is 1. The first kappa shape index (κ1) is 10.7. The standard InChI is InChI=1S/C12H15N3O/c13-11-4-2-10(3-5-11)12-14-6-8-15(12)7-1-9-16/h2-6,8,16H,1,7,9,13H2. The molecule has 0 aliphatic rings. The van der Waals surface area contributed by atoms with Gasteiger partial charge in [0.15, 0.2) is 0 Å². The zero-order valence-corrected chi connectivity index (χ0v) is 9.00. The van der Waals surface area contributed by atoms with Crippen LogP contribution < -0.4 is 5.73 Å². The monoisotopic (exact) mass is 217 g/mol. The van der Waals surface area contributed by atoms with Gasteiger partial charge in [0.25, 0.3) is 0 Å². The SMILES string of the molecule is Nc1ccc(-c2nccn2CCCO)cc1. The van der Waals surface area contributed by atoms with Gasteiger partial charge in [-0.2, -0.15) is 0 Å². The van der Waals surface area contributed by atoms with Crippen molar-refractivity contribution in [3.63, 3.8) is 0 Å². The predicted molar refractivity (Wildman–Crippen MR) is 63.8 cm³/mol. The second kappa shape index (κ2) is 4.81. The van der Waals surface area contributed by atoms with Crippen molar-refractivity contribution in [1.29, 1.82) is 0 Å². The minimum Gasteiger partial charge on any atom is -0.399 e. The molecule has 1 heterocycles. The quantitative estimate of drug-likeness (QED) is 0.763. The van der Waals surface area contributed by atoms with Crippen molar-refractivity contribution < 1.29 is 5.11 Å². The topological polar surface area (TPSA) is 64.1 Å². The number of nitrogens with two attached hydrogens (primary N) is 1. The van der Waals surface area contributed by atoms with E-state index < -0.39 is 0 Å². The fourth-order valence-corrected chi connectivity index (χ4v) is 1.62. The maximum Gasteiger partial charge on any atom is 0.139 e. The Bertz CT molecular complexity index is 448. The number of aliphatic hydroxyl groups is 1. The molecule has 0 aliphatic carbocycles. The van der Waals surface area contributed by atoms with Gasteiger partial charge in [0.2, 0.25) is 0 Å². The molecule has 0 saturated heterocycles. The zero-order valence-electron chi connectivity index (χ0n) is 9.00. The Morgan fingerprint density at radius 2 is 2.00 bits per heavy atom. The Labute approximate surface area is 94.4 Å². The molecule has 0 aliphatic heterocycles. The third-order valence-electron chi connectivity index (χ3n) is 2.44. The second-order valence-corrected chi connectivity index (χ2v) is 3.64. The summed E-state index contributed by atoms with van der Waals surface area (Å²) < 4.78 is 2.03. The van der Waals surface area contributed by atoms with Crippen LogP contribution in [-0.2, 0) is 6.54 Å². The molecule has 3 N–H and O–H groups in total. The van der Waals surface area contributed by atoms with Crippen molar-refractivity contribution in [2.75, 3.05) is 12.3 Å². The van der Waals surface area contributed by atoms with E-state index in [-0.39, 0.29) is 6.61 Å². The van der Waals surface area contributed by atoms with E-state index in [1.807, 2.05) is 35.0 Å². The number of nitrogen functional groups attached to an aromatic ring is 1. The lowest BCUT2D eigenvalue weighted by molar-refractivity contribution is 0.280. The average molecular weight is 217 g/mol. The number of aryl methyl sites for hydroxylation is 1. The molecule has 1 aromatic heterocycles. The van der Waals surface area contributed by atoms with Crippen LogP contribution in [0.1, 0.15) is 6.42 Å². The van der Waals surface area contributed by atoms with Gasteiger partial charge in [-0.3, -0.25) is 0 Å². The van der Waals surface area contributed by atoms with Crippen LogP contribution in [0.25, 0.3) is 11.4 Å². The molecule has 2 rings (SSSR count). The van der Waals surface area contributed by atoms with Gasteiger partial charge in [0.1, 0.15) is 5.82 Å². The summed E-state index contributed by atoms with van der Waals surface area (Å²) in [4.78, 5) is 4.31. The van der Waals surface area contributed by atoms with Crippen molar-refractivity contribution in [3.05, 3.63) is 36.7 Å². The first-order valence-electron chi connectivity index (χ1n) is 5.29. The number of aromatic nitrogens is 2. The van der Waals surface area contributed by atoms with Crippen molar-refractivity contribution in [3.8, 4) is 11.4 Å². The number of imidazole rings is 1. The fraction of sp³-hybridized carbons (Fsp3) is 0.250. The first-order chi connectivity index (χ1) is 7.81. The first-order valence-corrected chi connectivity index (χ1v) is 5.29. The van der Waals surface area contributed by atoms with E-state index >= 15 is 0 Å². The zero-order chi connectivity index (χ0) is 11.4. The summed E-state index contributed by atoms with van der Waals surface area (Å²) in [5, 5.41) is 8.81. The van der Waals surface area contributed by atoms with Gasteiger partial charge < -0.3 is 15.4 Å². The molecule has 1 aromatic carbocycles. The molecule has 16 heavy (non-hydrogen) atoms. The highest BCUT2D eigenvalue weighted by molar-refractivity contribution is 5.59. The normalized spacial score (nSPS) is 10.6.